The fourth-order valence-electron chi connectivity index (χ4n) is 4.88. The molecule has 0 bridgehead atoms. The highest BCUT2D eigenvalue weighted by Gasteiger charge is 2.40. The maximum Gasteiger partial charge on any atom is 0.317 e. The summed E-state index contributed by atoms with van der Waals surface area (Å²) in [5.41, 5.74) is 0.111. The van der Waals surface area contributed by atoms with Crippen LogP contribution in [0.5, 0.6) is 0 Å². The lowest BCUT2D eigenvalue weighted by Crippen LogP contribution is -2.58. The Kier molecular flexibility index (Phi) is 5.63. The minimum atomic E-state index is 0.0412. The van der Waals surface area contributed by atoms with Gasteiger partial charge in [-0.25, -0.2) is 4.79 Å². The molecule has 27 heavy (non-hydrogen) atoms. The van der Waals surface area contributed by atoms with Crippen molar-refractivity contribution in [2.45, 2.75) is 56.9 Å². The van der Waals surface area contributed by atoms with E-state index in [9.17, 15) is 4.79 Å². The molecule has 1 aliphatic carbocycles. The molecule has 8 nitrogen and oxygen atoms in total. The number of aryl methyl sites for hydroxylation is 1. The monoisotopic (exact) mass is 377 g/mol. The van der Waals surface area contributed by atoms with E-state index in [2.05, 4.69) is 20.4 Å². The number of hydrogen-bond donors (Lipinski definition) is 1. The number of carbonyl (C=O) groups excluding carboxylic acids is 1. The summed E-state index contributed by atoms with van der Waals surface area (Å²) in [7, 11) is 0. The number of likely N-dealkylation sites (tertiary alicyclic amines) is 1. The fraction of sp³-hybridized carbons (Fsp3) is 0.842. The van der Waals surface area contributed by atoms with E-state index >= 15 is 0 Å². The minimum absolute atomic E-state index is 0.0412. The average molecular weight is 377 g/mol. The molecule has 1 aromatic heterocycles. The van der Waals surface area contributed by atoms with E-state index < -0.39 is 0 Å². The normalized spacial score (nSPS) is 26.3. The Labute approximate surface area is 160 Å². The number of morpholine rings is 1. The van der Waals surface area contributed by atoms with E-state index in [1.165, 1.54) is 12.8 Å². The van der Waals surface area contributed by atoms with E-state index in [1.54, 1.807) is 6.92 Å². The van der Waals surface area contributed by atoms with Crippen molar-refractivity contribution in [1.82, 2.24) is 25.3 Å². The van der Waals surface area contributed by atoms with Crippen molar-refractivity contribution >= 4 is 6.03 Å². The Morgan fingerprint density at radius 3 is 2.70 bits per heavy atom. The maximum atomic E-state index is 12.9. The van der Waals surface area contributed by atoms with E-state index in [4.69, 9.17) is 9.26 Å². The standard InChI is InChI=1S/C19H31N5O3/c1-15-21-17(22-27-15)16-5-4-8-23(13-16)18(25)20-14-19(6-2-3-7-19)24-9-11-26-12-10-24/h16H,2-14H2,1H3,(H,20,25)/t16-/m1/s1. The Morgan fingerprint density at radius 1 is 1.22 bits per heavy atom. The summed E-state index contributed by atoms with van der Waals surface area (Å²) in [5, 5.41) is 7.30. The van der Waals surface area contributed by atoms with Gasteiger partial charge in [0.15, 0.2) is 5.82 Å². The minimum Gasteiger partial charge on any atom is -0.379 e. The predicted molar refractivity (Wildman–Crippen MR) is 99.6 cm³/mol. The fourth-order valence-corrected chi connectivity index (χ4v) is 4.88. The van der Waals surface area contributed by atoms with Crippen molar-refractivity contribution in [1.29, 1.82) is 0 Å². The number of urea groups is 1. The Hall–Kier alpha value is -1.67. The van der Waals surface area contributed by atoms with Gasteiger partial charge >= 0.3 is 6.03 Å². The molecule has 1 N–H and O–H groups in total. The number of hydrogen-bond acceptors (Lipinski definition) is 6. The van der Waals surface area contributed by atoms with Crippen LogP contribution in [0.4, 0.5) is 4.79 Å². The van der Waals surface area contributed by atoms with Crippen LogP contribution in [0.3, 0.4) is 0 Å². The second kappa shape index (κ2) is 8.14. The lowest BCUT2D eigenvalue weighted by Gasteiger charge is -2.44. The molecule has 2 amide bonds. The Bertz CT molecular complexity index is 637. The van der Waals surface area contributed by atoms with Gasteiger partial charge in [0.05, 0.1) is 13.2 Å². The third kappa shape index (κ3) is 4.11. The maximum absolute atomic E-state index is 12.9. The molecular formula is C19H31N5O3. The number of amides is 2. The number of rotatable bonds is 4. The van der Waals surface area contributed by atoms with Gasteiger partial charge in [-0.15, -0.1) is 0 Å². The summed E-state index contributed by atoms with van der Waals surface area (Å²) in [6, 6.07) is 0.0412. The number of nitrogens with zero attached hydrogens (tertiary/aromatic N) is 4. The van der Waals surface area contributed by atoms with Crippen LogP contribution in [0, 0.1) is 6.92 Å². The van der Waals surface area contributed by atoms with E-state index in [0.29, 0.717) is 12.4 Å². The number of nitrogens with one attached hydrogen (secondary N) is 1. The molecule has 150 valence electrons. The van der Waals surface area contributed by atoms with Crippen LogP contribution in [0.2, 0.25) is 0 Å². The second-order valence-corrected chi connectivity index (χ2v) is 8.15. The molecular weight excluding hydrogens is 346 g/mol. The molecule has 4 rings (SSSR count). The van der Waals surface area contributed by atoms with Crippen LogP contribution in [0.15, 0.2) is 4.52 Å². The van der Waals surface area contributed by atoms with Gasteiger partial charge in [-0.2, -0.15) is 4.98 Å². The number of ether oxygens (including phenoxy) is 1. The van der Waals surface area contributed by atoms with Crippen LogP contribution < -0.4 is 5.32 Å². The quantitative estimate of drug-likeness (QED) is 0.863. The van der Waals surface area contributed by atoms with Crippen molar-refractivity contribution < 1.29 is 14.1 Å². The van der Waals surface area contributed by atoms with E-state index in [-0.39, 0.29) is 17.5 Å². The van der Waals surface area contributed by atoms with Gasteiger partial charge in [0, 0.05) is 51.1 Å². The van der Waals surface area contributed by atoms with Gasteiger partial charge in [-0.1, -0.05) is 18.0 Å². The van der Waals surface area contributed by atoms with Crippen molar-refractivity contribution in [3.63, 3.8) is 0 Å². The molecule has 0 aromatic carbocycles. The molecule has 0 radical (unpaired) electrons. The summed E-state index contributed by atoms with van der Waals surface area (Å²) in [5.74, 6) is 1.48. The lowest BCUT2D eigenvalue weighted by molar-refractivity contribution is -0.0198. The molecule has 1 saturated carbocycles. The first kappa shape index (κ1) is 18.7. The van der Waals surface area contributed by atoms with Crippen molar-refractivity contribution in [3.8, 4) is 0 Å². The zero-order chi connectivity index (χ0) is 18.7. The van der Waals surface area contributed by atoms with Crippen LogP contribution in [-0.4, -0.2) is 77.4 Å². The first-order valence-corrected chi connectivity index (χ1v) is 10.3. The first-order valence-electron chi connectivity index (χ1n) is 10.3. The topological polar surface area (TPSA) is 83.7 Å². The largest absolute Gasteiger partial charge is 0.379 e. The molecule has 1 aromatic rings. The third-order valence-electron chi connectivity index (χ3n) is 6.40. The Balaban J connectivity index is 1.35. The number of aromatic nitrogens is 2. The summed E-state index contributed by atoms with van der Waals surface area (Å²) in [6.07, 6.45) is 6.79. The molecule has 8 heteroatoms. The van der Waals surface area contributed by atoms with Gasteiger partial charge in [0.2, 0.25) is 5.89 Å². The lowest BCUT2D eigenvalue weighted by atomic mass is 9.94. The first-order chi connectivity index (χ1) is 13.2. The zero-order valence-corrected chi connectivity index (χ0v) is 16.3. The summed E-state index contributed by atoms with van der Waals surface area (Å²) in [6.45, 7) is 7.53. The summed E-state index contributed by atoms with van der Waals surface area (Å²) < 4.78 is 10.6. The molecule has 2 saturated heterocycles. The van der Waals surface area contributed by atoms with Gasteiger partial charge in [-0.05, 0) is 25.7 Å². The van der Waals surface area contributed by atoms with Crippen LogP contribution >= 0.6 is 0 Å². The summed E-state index contributed by atoms with van der Waals surface area (Å²) >= 11 is 0. The molecule has 0 unspecified atom stereocenters. The SMILES string of the molecule is Cc1nc([C@@H]2CCCN(C(=O)NCC3(N4CCOCC4)CCCC3)C2)no1. The highest BCUT2D eigenvalue weighted by Crippen LogP contribution is 2.35. The van der Waals surface area contributed by atoms with Crippen LogP contribution in [0.1, 0.15) is 56.2 Å². The molecule has 3 heterocycles. The van der Waals surface area contributed by atoms with E-state index in [0.717, 1.165) is 70.9 Å². The molecule has 0 spiro atoms. The average Bonchev–Trinajstić information content (AvgIpc) is 3.37. The van der Waals surface area contributed by atoms with E-state index in [1.807, 2.05) is 4.90 Å². The summed E-state index contributed by atoms with van der Waals surface area (Å²) in [4.78, 5) is 21.7. The van der Waals surface area contributed by atoms with Gasteiger partial charge < -0.3 is 19.5 Å². The highest BCUT2D eigenvalue weighted by atomic mass is 16.5. The van der Waals surface area contributed by atoms with Crippen LogP contribution in [-0.2, 0) is 4.74 Å². The molecule has 3 aliphatic rings. The molecule has 2 aliphatic heterocycles. The van der Waals surface area contributed by atoms with Crippen molar-refractivity contribution in [2.24, 2.45) is 0 Å². The second-order valence-electron chi connectivity index (χ2n) is 8.15. The predicted octanol–water partition coefficient (Wildman–Crippen LogP) is 1.91. The van der Waals surface area contributed by atoms with Crippen molar-refractivity contribution in [2.75, 3.05) is 45.9 Å². The Morgan fingerprint density at radius 2 is 2.00 bits per heavy atom. The van der Waals surface area contributed by atoms with Crippen molar-refractivity contribution in [3.05, 3.63) is 11.7 Å². The number of piperidine rings is 1. The molecule has 1 atom stereocenters. The smallest absolute Gasteiger partial charge is 0.317 e. The molecule has 3 fully saturated rings. The van der Waals surface area contributed by atoms with Gasteiger partial charge in [0.25, 0.3) is 0 Å². The number of carbonyl (C=O) groups is 1. The van der Waals surface area contributed by atoms with Gasteiger partial charge in [-0.3, -0.25) is 4.90 Å². The van der Waals surface area contributed by atoms with Crippen LogP contribution in [0.25, 0.3) is 0 Å². The zero-order valence-electron chi connectivity index (χ0n) is 16.3. The highest BCUT2D eigenvalue weighted by molar-refractivity contribution is 5.74. The third-order valence-corrected chi connectivity index (χ3v) is 6.40. The van der Waals surface area contributed by atoms with Gasteiger partial charge in [0.1, 0.15) is 0 Å².